The quantitative estimate of drug-likeness (QED) is 0.549. The maximum atomic E-state index is 14.0. The summed E-state index contributed by atoms with van der Waals surface area (Å²) < 4.78 is 15.6. The van der Waals surface area contributed by atoms with Gasteiger partial charge < -0.3 is 9.80 Å². The number of piperazine rings is 1. The molecule has 8 nitrogen and oxygen atoms in total. The van der Waals surface area contributed by atoms with Gasteiger partial charge in [-0.05, 0) is 37.0 Å². The highest BCUT2D eigenvalue weighted by Gasteiger charge is 2.30. The van der Waals surface area contributed by atoms with E-state index in [1.807, 2.05) is 36.5 Å². The summed E-state index contributed by atoms with van der Waals surface area (Å²) >= 11 is 0. The monoisotopic (exact) mass is 489 g/mol. The van der Waals surface area contributed by atoms with E-state index in [-0.39, 0.29) is 11.6 Å². The van der Waals surface area contributed by atoms with Crippen molar-refractivity contribution >= 4 is 11.9 Å². The molecule has 2 fully saturated rings. The number of fused-ring (bicyclic) bond motifs is 1. The number of nitrogens with zero attached hydrogens (tertiary/aromatic N) is 7. The molecule has 1 aromatic carbocycles. The van der Waals surface area contributed by atoms with Gasteiger partial charge in [-0.3, -0.25) is 9.69 Å². The zero-order chi connectivity index (χ0) is 24.5. The van der Waals surface area contributed by atoms with Crippen molar-refractivity contribution in [2.45, 2.75) is 44.8 Å². The summed E-state index contributed by atoms with van der Waals surface area (Å²) in [6.45, 7) is 4.39. The van der Waals surface area contributed by atoms with Crippen LogP contribution in [0.15, 0.2) is 42.7 Å². The number of aromatic nitrogens is 4. The Kier molecular flexibility index (Phi) is 6.39. The van der Waals surface area contributed by atoms with Gasteiger partial charge >= 0.3 is 0 Å². The Bertz CT molecular complexity index is 1220. The highest BCUT2D eigenvalue weighted by Crippen LogP contribution is 2.27. The van der Waals surface area contributed by atoms with Crippen molar-refractivity contribution in [3.8, 4) is 5.69 Å². The van der Waals surface area contributed by atoms with E-state index >= 15 is 0 Å². The SMILES string of the molecule is O=C(c1cnn(-c2ccccc2)c1CF)N1CCc2cnc(N3CCN(C4CCC4)CC3)nc2CC1. The Hall–Kier alpha value is -3.33. The van der Waals surface area contributed by atoms with Gasteiger partial charge in [0.2, 0.25) is 5.95 Å². The van der Waals surface area contributed by atoms with Crippen molar-refractivity contribution in [1.82, 2.24) is 29.5 Å². The summed E-state index contributed by atoms with van der Waals surface area (Å²) in [5.41, 5.74) is 3.46. The van der Waals surface area contributed by atoms with Crippen LogP contribution in [0.3, 0.4) is 0 Å². The zero-order valence-electron chi connectivity index (χ0n) is 20.5. The van der Waals surface area contributed by atoms with Crippen molar-refractivity contribution in [2.24, 2.45) is 0 Å². The van der Waals surface area contributed by atoms with E-state index in [2.05, 4.69) is 19.9 Å². The lowest BCUT2D eigenvalue weighted by Gasteiger charge is -2.43. The maximum Gasteiger partial charge on any atom is 0.257 e. The average molecular weight is 490 g/mol. The number of para-hydroxylation sites is 1. The standard InChI is InChI=1S/C27H32FN7O/c28-17-25-23(19-30-35(25)22-5-2-1-3-6-22)26(36)33-11-9-20-18-29-27(31-24(20)10-12-33)34-15-13-32(14-16-34)21-7-4-8-21/h1-3,5-6,18-19,21H,4,7-17H2. The van der Waals surface area contributed by atoms with E-state index in [4.69, 9.17) is 4.98 Å². The second kappa shape index (κ2) is 9.97. The van der Waals surface area contributed by atoms with Crippen molar-refractivity contribution in [3.05, 3.63) is 65.2 Å². The molecular formula is C27H32FN7O. The largest absolute Gasteiger partial charge is 0.338 e. The Morgan fingerprint density at radius 1 is 0.972 bits per heavy atom. The Morgan fingerprint density at radius 2 is 1.75 bits per heavy atom. The lowest BCUT2D eigenvalue weighted by atomic mass is 9.91. The normalized spacial score (nSPS) is 19.0. The molecular weight excluding hydrogens is 457 g/mol. The van der Waals surface area contributed by atoms with E-state index in [1.165, 1.54) is 30.1 Å². The summed E-state index contributed by atoms with van der Waals surface area (Å²) in [7, 11) is 0. The number of carbonyl (C=O) groups excluding carboxylic acids is 1. The Morgan fingerprint density at radius 3 is 2.47 bits per heavy atom. The third kappa shape index (κ3) is 4.36. The molecule has 2 aliphatic heterocycles. The number of alkyl halides is 1. The third-order valence-corrected chi connectivity index (χ3v) is 7.91. The number of rotatable bonds is 5. The van der Waals surface area contributed by atoms with Crippen molar-refractivity contribution < 1.29 is 9.18 Å². The van der Waals surface area contributed by atoms with E-state index in [0.717, 1.165) is 55.1 Å². The average Bonchev–Trinajstić information content (AvgIpc) is 3.21. The van der Waals surface area contributed by atoms with Gasteiger partial charge in [0, 0.05) is 57.9 Å². The van der Waals surface area contributed by atoms with E-state index < -0.39 is 6.67 Å². The van der Waals surface area contributed by atoms with Gasteiger partial charge in [-0.25, -0.2) is 19.0 Å². The molecule has 0 N–H and O–H groups in total. The first kappa shape index (κ1) is 23.1. The molecule has 0 bridgehead atoms. The topological polar surface area (TPSA) is 70.4 Å². The van der Waals surface area contributed by atoms with Crippen LogP contribution in [0.1, 0.15) is 46.6 Å². The second-order valence-corrected chi connectivity index (χ2v) is 9.93. The number of amides is 1. The van der Waals surface area contributed by atoms with Crippen molar-refractivity contribution in [2.75, 3.05) is 44.2 Å². The van der Waals surface area contributed by atoms with Crippen LogP contribution >= 0.6 is 0 Å². The number of anilines is 1. The van der Waals surface area contributed by atoms with Crippen molar-refractivity contribution in [3.63, 3.8) is 0 Å². The molecule has 1 amide bonds. The molecule has 0 radical (unpaired) electrons. The summed E-state index contributed by atoms with van der Waals surface area (Å²) in [4.78, 5) is 29.7. The zero-order valence-corrected chi connectivity index (χ0v) is 20.5. The summed E-state index contributed by atoms with van der Waals surface area (Å²) in [5, 5.41) is 4.32. The molecule has 1 saturated carbocycles. The third-order valence-electron chi connectivity index (χ3n) is 7.91. The smallest absolute Gasteiger partial charge is 0.257 e. The van der Waals surface area contributed by atoms with Gasteiger partial charge in [-0.15, -0.1) is 0 Å². The number of benzene rings is 1. The summed E-state index contributed by atoms with van der Waals surface area (Å²) in [5.74, 6) is 0.614. The van der Waals surface area contributed by atoms with E-state index in [0.29, 0.717) is 31.5 Å². The predicted molar refractivity (Wildman–Crippen MR) is 135 cm³/mol. The van der Waals surface area contributed by atoms with Crippen LogP contribution in [0.25, 0.3) is 5.69 Å². The van der Waals surface area contributed by atoms with Crippen LogP contribution in [0.4, 0.5) is 10.3 Å². The minimum absolute atomic E-state index is 0.182. The molecule has 0 unspecified atom stereocenters. The van der Waals surface area contributed by atoms with Crippen molar-refractivity contribution in [1.29, 1.82) is 0 Å². The first-order valence-electron chi connectivity index (χ1n) is 13.0. The lowest BCUT2D eigenvalue weighted by molar-refractivity contribution is 0.0761. The van der Waals surface area contributed by atoms with Crippen LogP contribution in [0, 0.1) is 0 Å². The predicted octanol–water partition coefficient (Wildman–Crippen LogP) is 3.05. The van der Waals surface area contributed by atoms with Gasteiger partial charge in [0.25, 0.3) is 5.91 Å². The first-order chi connectivity index (χ1) is 17.7. The molecule has 36 heavy (non-hydrogen) atoms. The minimum Gasteiger partial charge on any atom is -0.338 e. The molecule has 4 heterocycles. The highest BCUT2D eigenvalue weighted by atomic mass is 19.1. The van der Waals surface area contributed by atoms with E-state index in [9.17, 15) is 9.18 Å². The van der Waals surface area contributed by atoms with Gasteiger partial charge in [-0.2, -0.15) is 5.10 Å². The van der Waals surface area contributed by atoms with Crippen LogP contribution in [-0.2, 0) is 19.5 Å². The molecule has 188 valence electrons. The molecule has 0 atom stereocenters. The summed E-state index contributed by atoms with van der Waals surface area (Å²) in [6.07, 6.45) is 8.82. The fourth-order valence-electron chi connectivity index (χ4n) is 5.50. The van der Waals surface area contributed by atoms with Gasteiger partial charge in [0.1, 0.15) is 6.67 Å². The minimum atomic E-state index is -0.757. The van der Waals surface area contributed by atoms with Gasteiger partial charge in [-0.1, -0.05) is 24.6 Å². The Balaban J connectivity index is 1.14. The molecule has 0 spiro atoms. The Labute approximate surface area is 210 Å². The first-order valence-corrected chi connectivity index (χ1v) is 13.0. The second-order valence-electron chi connectivity index (χ2n) is 9.93. The van der Waals surface area contributed by atoms with Gasteiger partial charge in [0.05, 0.1) is 28.8 Å². The number of carbonyl (C=O) groups is 1. The molecule has 3 aromatic rings. The fourth-order valence-corrected chi connectivity index (χ4v) is 5.50. The molecule has 1 saturated heterocycles. The fraction of sp³-hybridized carbons (Fsp3) is 0.481. The highest BCUT2D eigenvalue weighted by molar-refractivity contribution is 5.95. The van der Waals surface area contributed by atoms with Crippen LogP contribution < -0.4 is 4.90 Å². The van der Waals surface area contributed by atoms with Gasteiger partial charge in [0.15, 0.2) is 0 Å². The number of hydrogen-bond donors (Lipinski definition) is 0. The summed E-state index contributed by atoms with van der Waals surface area (Å²) in [6, 6.07) is 10.1. The number of hydrogen-bond acceptors (Lipinski definition) is 6. The van der Waals surface area contributed by atoms with E-state index in [1.54, 1.807) is 4.90 Å². The lowest BCUT2D eigenvalue weighted by Crippen LogP contribution is -2.52. The number of halogens is 1. The molecule has 9 heteroatoms. The van der Waals surface area contributed by atoms with Crippen LogP contribution in [0.2, 0.25) is 0 Å². The molecule has 6 rings (SSSR count). The molecule has 1 aliphatic carbocycles. The van der Waals surface area contributed by atoms with Crippen LogP contribution in [-0.4, -0.2) is 80.8 Å². The molecule has 2 aromatic heterocycles. The maximum absolute atomic E-state index is 14.0. The van der Waals surface area contributed by atoms with Crippen LogP contribution in [0.5, 0.6) is 0 Å². The molecule has 3 aliphatic rings.